The molecule has 8 heteroatoms. The third kappa shape index (κ3) is 4.87. The largest absolute Gasteiger partial charge is 0.370 e. The standard InChI is InChI=1S/C12H15ClN4O3/c1-6(18)16-10-3-2-7(4-8(10)13)17-12(20)9(14)5-11(15)19/h2-4,9H,5,14H2,1H3,(H2,15,19)(H,16,18)(H,17,20). The van der Waals surface area contributed by atoms with Crippen molar-refractivity contribution in [3.63, 3.8) is 0 Å². The van der Waals surface area contributed by atoms with Gasteiger partial charge in [-0.2, -0.15) is 0 Å². The second kappa shape index (κ2) is 6.88. The predicted molar refractivity (Wildman–Crippen MR) is 76.2 cm³/mol. The Morgan fingerprint density at radius 3 is 2.45 bits per heavy atom. The minimum absolute atomic E-state index is 0.246. The number of nitrogens with one attached hydrogen (secondary N) is 2. The van der Waals surface area contributed by atoms with Gasteiger partial charge in [-0.05, 0) is 18.2 Å². The van der Waals surface area contributed by atoms with Crippen LogP contribution in [0.3, 0.4) is 0 Å². The number of carbonyl (C=O) groups is 3. The van der Waals surface area contributed by atoms with E-state index in [1.54, 1.807) is 12.1 Å². The summed E-state index contributed by atoms with van der Waals surface area (Å²) in [6.07, 6.45) is -0.246. The van der Waals surface area contributed by atoms with Gasteiger partial charge in [-0.15, -0.1) is 0 Å². The normalized spacial score (nSPS) is 11.6. The van der Waals surface area contributed by atoms with Gasteiger partial charge in [0.2, 0.25) is 17.7 Å². The second-order valence-electron chi connectivity index (χ2n) is 4.14. The van der Waals surface area contributed by atoms with E-state index in [4.69, 9.17) is 23.1 Å². The lowest BCUT2D eigenvalue weighted by Crippen LogP contribution is -2.38. The fourth-order valence-electron chi connectivity index (χ4n) is 1.43. The molecule has 0 bridgehead atoms. The van der Waals surface area contributed by atoms with Gasteiger partial charge in [0, 0.05) is 12.6 Å². The van der Waals surface area contributed by atoms with Crippen molar-refractivity contribution in [1.29, 1.82) is 0 Å². The number of primary amides is 1. The predicted octanol–water partition coefficient (Wildman–Crippen LogP) is 0.440. The summed E-state index contributed by atoms with van der Waals surface area (Å²) in [4.78, 5) is 33.3. The topological polar surface area (TPSA) is 127 Å². The Morgan fingerprint density at radius 2 is 1.95 bits per heavy atom. The molecule has 1 aromatic rings. The first-order valence-electron chi connectivity index (χ1n) is 5.71. The lowest BCUT2D eigenvalue weighted by atomic mass is 10.2. The fraction of sp³-hybridized carbons (Fsp3) is 0.250. The summed E-state index contributed by atoms with van der Waals surface area (Å²) in [5.41, 5.74) is 11.3. The zero-order valence-corrected chi connectivity index (χ0v) is 11.5. The quantitative estimate of drug-likeness (QED) is 0.629. The Kier molecular flexibility index (Phi) is 5.48. The van der Waals surface area contributed by atoms with Gasteiger partial charge in [-0.3, -0.25) is 14.4 Å². The number of hydrogen-bond donors (Lipinski definition) is 4. The zero-order chi connectivity index (χ0) is 15.3. The molecule has 0 fully saturated rings. The van der Waals surface area contributed by atoms with Crippen molar-refractivity contribution in [2.75, 3.05) is 10.6 Å². The van der Waals surface area contributed by atoms with Crippen molar-refractivity contribution in [2.24, 2.45) is 11.5 Å². The third-order valence-corrected chi connectivity index (χ3v) is 2.62. The second-order valence-corrected chi connectivity index (χ2v) is 4.55. The molecule has 0 heterocycles. The number of carbonyl (C=O) groups excluding carboxylic acids is 3. The first-order valence-corrected chi connectivity index (χ1v) is 6.09. The highest BCUT2D eigenvalue weighted by molar-refractivity contribution is 6.34. The van der Waals surface area contributed by atoms with E-state index in [1.165, 1.54) is 13.0 Å². The molecule has 6 N–H and O–H groups in total. The summed E-state index contributed by atoms with van der Waals surface area (Å²) in [5, 5.41) is 5.30. The first kappa shape index (κ1) is 15.9. The Hall–Kier alpha value is -2.12. The molecular formula is C12H15ClN4O3. The molecule has 1 rings (SSSR count). The average molecular weight is 299 g/mol. The fourth-order valence-corrected chi connectivity index (χ4v) is 1.66. The molecule has 20 heavy (non-hydrogen) atoms. The van der Waals surface area contributed by atoms with Gasteiger partial charge in [0.05, 0.1) is 23.2 Å². The van der Waals surface area contributed by atoms with Crippen LogP contribution in [0.5, 0.6) is 0 Å². The van der Waals surface area contributed by atoms with Gasteiger partial charge in [0.15, 0.2) is 0 Å². The molecule has 1 unspecified atom stereocenters. The molecule has 3 amide bonds. The molecule has 0 aliphatic carbocycles. The SMILES string of the molecule is CC(=O)Nc1ccc(NC(=O)C(N)CC(N)=O)cc1Cl. The van der Waals surface area contributed by atoms with Gasteiger partial charge in [0.25, 0.3) is 0 Å². The van der Waals surface area contributed by atoms with E-state index < -0.39 is 17.9 Å². The van der Waals surface area contributed by atoms with E-state index in [0.717, 1.165) is 0 Å². The Labute approximate surface area is 120 Å². The van der Waals surface area contributed by atoms with Gasteiger partial charge in [0.1, 0.15) is 0 Å². The number of anilines is 2. The van der Waals surface area contributed by atoms with E-state index in [2.05, 4.69) is 10.6 Å². The number of hydrogen-bond acceptors (Lipinski definition) is 4. The van der Waals surface area contributed by atoms with E-state index in [-0.39, 0.29) is 17.4 Å². The minimum atomic E-state index is -1.03. The van der Waals surface area contributed by atoms with E-state index in [1.807, 2.05) is 0 Å². The van der Waals surface area contributed by atoms with E-state index in [0.29, 0.717) is 11.4 Å². The van der Waals surface area contributed by atoms with Crippen LogP contribution in [-0.2, 0) is 14.4 Å². The minimum Gasteiger partial charge on any atom is -0.370 e. The van der Waals surface area contributed by atoms with Crippen molar-refractivity contribution in [3.05, 3.63) is 23.2 Å². The van der Waals surface area contributed by atoms with Gasteiger partial charge in [-0.25, -0.2) is 0 Å². The van der Waals surface area contributed by atoms with Crippen LogP contribution in [0.2, 0.25) is 5.02 Å². The van der Waals surface area contributed by atoms with Crippen LogP contribution in [0.1, 0.15) is 13.3 Å². The van der Waals surface area contributed by atoms with Crippen LogP contribution in [-0.4, -0.2) is 23.8 Å². The summed E-state index contributed by atoms with van der Waals surface area (Å²) in [5.74, 6) is -1.47. The smallest absolute Gasteiger partial charge is 0.241 e. The van der Waals surface area contributed by atoms with Gasteiger partial charge >= 0.3 is 0 Å². The van der Waals surface area contributed by atoms with Crippen molar-refractivity contribution >= 4 is 40.7 Å². The molecular weight excluding hydrogens is 284 g/mol. The molecule has 0 spiro atoms. The first-order chi connectivity index (χ1) is 9.29. The molecule has 0 aliphatic rings. The van der Waals surface area contributed by atoms with E-state index in [9.17, 15) is 14.4 Å². The number of halogens is 1. The highest BCUT2D eigenvalue weighted by Gasteiger charge is 2.16. The van der Waals surface area contributed by atoms with Crippen LogP contribution in [0, 0.1) is 0 Å². The Bertz CT molecular complexity index is 548. The summed E-state index contributed by atoms with van der Waals surface area (Å²) < 4.78 is 0. The maximum absolute atomic E-state index is 11.7. The van der Waals surface area contributed by atoms with Crippen molar-refractivity contribution in [1.82, 2.24) is 0 Å². The highest BCUT2D eigenvalue weighted by atomic mass is 35.5. The molecule has 0 saturated carbocycles. The molecule has 0 radical (unpaired) electrons. The number of nitrogens with two attached hydrogens (primary N) is 2. The van der Waals surface area contributed by atoms with Crippen molar-refractivity contribution < 1.29 is 14.4 Å². The molecule has 0 aliphatic heterocycles. The number of rotatable bonds is 5. The maximum atomic E-state index is 11.7. The Balaban J connectivity index is 2.74. The summed E-state index contributed by atoms with van der Waals surface area (Å²) in [6, 6.07) is 3.52. The maximum Gasteiger partial charge on any atom is 0.241 e. The van der Waals surface area contributed by atoms with Crippen LogP contribution in [0.25, 0.3) is 0 Å². The van der Waals surface area contributed by atoms with Crippen LogP contribution in [0.4, 0.5) is 11.4 Å². The Morgan fingerprint density at radius 1 is 1.30 bits per heavy atom. The lowest BCUT2D eigenvalue weighted by Gasteiger charge is -2.12. The van der Waals surface area contributed by atoms with Crippen LogP contribution < -0.4 is 22.1 Å². The van der Waals surface area contributed by atoms with Gasteiger partial charge in [-0.1, -0.05) is 11.6 Å². The van der Waals surface area contributed by atoms with E-state index >= 15 is 0 Å². The third-order valence-electron chi connectivity index (χ3n) is 2.31. The summed E-state index contributed by atoms with van der Waals surface area (Å²) >= 11 is 5.95. The molecule has 1 atom stereocenters. The lowest BCUT2D eigenvalue weighted by molar-refractivity contribution is -0.123. The summed E-state index contributed by atoms with van der Waals surface area (Å²) in [7, 11) is 0. The monoisotopic (exact) mass is 298 g/mol. The molecule has 0 aromatic heterocycles. The molecule has 7 nitrogen and oxygen atoms in total. The van der Waals surface area contributed by atoms with Crippen molar-refractivity contribution in [2.45, 2.75) is 19.4 Å². The van der Waals surface area contributed by atoms with Crippen LogP contribution in [0.15, 0.2) is 18.2 Å². The van der Waals surface area contributed by atoms with Crippen LogP contribution >= 0.6 is 11.6 Å². The number of benzene rings is 1. The van der Waals surface area contributed by atoms with Gasteiger partial charge < -0.3 is 22.1 Å². The molecule has 0 saturated heterocycles. The average Bonchev–Trinajstić information content (AvgIpc) is 2.31. The molecule has 108 valence electrons. The van der Waals surface area contributed by atoms with Crippen molar-refractivity contribution in [3.8, 4) is 0 Å². The highest BCUT2D eigenvalue weighted by Crippen LogP contribution is 2.25. The summed E-state index contributed by atoms with van der Waals surface area (Å²) in [6.45, 7) is 1.36. The zero-order valence-electron chi connectivity index (χ0n) is 10.8. The molecule has 1 aromatic carbocycles. The number of amides is 3.